The lowest BCUT2D eigenvalue weighted by Gasteiger charge is -2.35. The molecule has 138 valence electrons. The van der Waals surface area contributed by atoms with Gasteiger partial charge in [-0.3, -0.25) is 9.69 Å². The highest BCUT2D eigenvalue weighted by molar-refractivity contribution is 7.09. The van der Waals surface area contributed by atoms with Crippen molar-refractivity contribution in [3.63, 3.8) is 0 Å². The third-order valence-electron chi connectivity index (χ3n) is 5.22. The molecular formula is C20H26N4OS. The molecule has 2 aromatic heterocycles. The first kappa shape index (κ1) is 17.5. The van der Waals surface area contributed by atoms with E-state index in [2.05, 4.69) is 32.3 Å². The fourth-order valence-electron chi connectivity index (χ4n) is 3.56. The van der Waals surface area contributed by atoms with E-state index in [0.717, 1.165) is 45.1 Å². The van der Waals surface area contributed by atoms with Gasteiger partial charge in [-0.1, -0.05) is 12.1 Å². The quantitative estimate of drug-likeness (QED) is 0.751. The summed E-state index contributed by atoms with van der Waals surface area (Å²) < 4.78 is 0. The van der Waals surface area contributed by atoms with Crippen LogP contribution in [0.4, 0.5) is 5.82 Å². The fourth-order valence-corrected chi connectivity index (χ4v) is 4.29. The Morgan fingerprint density at radius 3 is 2.65 bits per heavy atom. The standard InChI is InChI=1S/C20H26N4OS/c25-20(8-10-24(17-6-7-17)16-18-4-3-15-26-18)23-13-11-22(12-14-23)19-5-1-2-9-21-19/h1-5,9,15,17H,6-8,10-14,16H2. The SMILES string of the molecule is O=C(CCN(Cc1cccs1)C1CC1)N1CCN(c2ccccn2)CC1. The maximum atomic E-state index is 12.7. The first-order valence-corrected chi connectivity index (χ1v) is 10.4. The zero-order valence-electron chi connectivity index (χ0n) is 15.1. The maximum absolute atomic E-state index is 12.7. The zero-order chi connectivity index (χ0) is 17.8. The predicted octanol–water partition coefficient (Wildman–Crippen LogP) is 2.85. The molecule has 4 rings (SSSR count). The van der Waals surface area contributed by atoms with Gasteiger partial charge in [0.15, 0.2) is 0 Å². The second-order valence-corrected chi connectivity index (χ2v) is 8.12. The highest BCUT2D eigenvalue weighted by Crippen LogP contribution is 2.29. The van der Waals surface area contributed by atoms with Crippen molar-refractivity contribution in [3.8, 4) is 0 Å². The maximum Gasteiger partial charge on any atom is 0.223 e. The van der Waals surface area contributed by atoms with Crippen LogP contribution in [0, 0.1) is 0 Å². The van der Waals surface area contributed by atoms with Crippen LogP contribution < -0.4 is 4.90 Å². The lowest BCUT2D eigenvalue weighted by atomic mass is 10.2. The van der Waals surface area contributed by atoms with Crippen LogP contribution in [-0.4, -0.2) is 59.5 Å². The Hall–Kier alpha value is -1.92. The minimum absolute atomic E-state index is 0.294. The van der Waals surface area contributed by atoms with Gasteiger partial charge in [0.2, 0.25) is 5.91 Å². The molecule has 1 aliphatic heterocycles. The number of hydrogen-bond acceptors (Lipinski definition) is 5. The molecule has 0 atom stereocenters. The van der Waals surface area contributed by atoms with Crippen molar-refractivity contribution in [2.24, 2.45) is 0 Å². The van der Waals surface area contributed by atoms with Crippen LogP contribution in [0.3, 0.4) is 0 Å². The number of thiophene rings is 1. The lowest BCUT2D eigenvalue weighted by molar-refractivity contribution is -0.131. The molecule has 0 bridgehead atoms. The number of carbonyl (C=O) groups is 1. The molecule has 1 aliphatic carbocycles. The summed E-state index contributed by atoms with van der Waals surface area (Å²) in [5.41, 5.74) is 0. The molecule has 2 aromatic rings. The molecule has 0 unspecified atom stereocenters. The summed E-state index contributed by atoms with van der Waals surface area (Å²) in [5, 5.41) is 2.13. The van der Waals surface area contributed by atoms with Crippen LogP contribution in [0.1, 0.15) is 24.1 Å². The Labute approximate surface area is 159 Å². The van der Waals surface area contributed by atoms with Gasteiger partial charge in [-0.05, 0) is 36.4 Å². The lowest BCUT2D eigenvalue weighted by Crippen LogP contribution is -2.49. The minimum Gasteiger partial charge on any atom is -0.353 e. The second-order valence-electron chi connectivity index (χ2n) is 7.09. The normalized spacial score (nSPS) is 17.7. The van der Waals surface area contributed by atoms with Gasteiger partial charge in [-0.2, -0.15) is 0 Å². The van der Waals surface area contributed by atoms with Crippen LogP contribution in [0.5, 0.6) is 0 Å². The molecule has 2 aliphatic rings. The number of nitrogens with zero attached hydrogens (tertiary/aromatic N) is 4. The summed E-state index contributed by atoms with van der Waals surface area (Å²) in [7, 11) is 0. The third-order valence-corrected chi connectivity index (χ3v) is 6.08. The number of carbonyl (C=O) groups excluding carboxylic acids is 1. The van der Waals surface area contributed by atoms with Gasteiger partial charge < -0.3 is 9.80 Å². The van der Waals surface area contributed by atoms with Crippen LogP contribution in [0.15, 0.2) is 41.9 Å². The van der Waals surface area contributed by atoms with Crippen LogP contribution in [-0.2, 0) is 11.3 Å². The van der Waals surface area contributed by atoms with E-state index in [1.807, 2.05) is 40.6 Å². The van der Waals surface area contributed by atoms with E-state index < -0.39 is 0 Å². The summed E-state index contributed by atoms with van der Waals surface area (Å²) in [4.78, 5) is 25.2. The molecule has 1 saturated carbocycles. The first-order chi connectivity index (χ1) is 12.8. The average molecular weight is 371 g/mol. The highest BCUT2D eigenvalue weighted by atomic mass is 32.1. The molecule has 3 heterocycles. The predicted molar refractivity (Wildman–Crippen MR) is 105 cm³/mol. The minimum atomic E-state index is 0.294. The largest absolute Gasteiger partial charge is 0.353 e. The topological polar surface area (TPSA) is 39.7 Å². The van der Waals surface area contributed by atoms with Crippen molar-refractivity contribution in [3.05, 3.63) is 46.8 Å². The van der Waals surface area contributed by atoms with Crippen LogP contribution in [0.25, 0.3) is 0 Å². The van der Waals surface area contributed by atoms with E-state index in [9.17, 15) is 4.79 Å². The highest BCUT2D eigenvalue weighted by Gasteiger charge is 2.30. The van der Waals surface area contributed by atoms with Crippen molar-refractivity contribution in [2.45, 2.75) is 31.8 Å². The number of hydrogen-bond donors (Lipinski definition) is 0. The molecule has 5 nitrogen and oxygen atoms in total. The van der Waals surface area contributed by atoms with Crippen LogP contribution >= 0.6 is 11.3 Å². The fraction of sp³-hybridized carbons (Fsp3) is 0.500. The van der Waals surface area contributed by atoms with Gasteiger partial charge >= 0.3 is 0 Å². The van der Waals surface area contributed by atoms with Crippen molar-refractivity contribution in [1.82, 2.24) is 14.8 Å². The number of rotatable bonds is 7. The second kappa shape index (κ2) is 8.18. The van der Waals surface area contributed by atoms with Gasteiger partial charge in [0.1, 0.15) is 5.82 Å². The smallest absolute Gasteiger partial charge is 0.223 e. The number of pyridine rings is 1. The van der Waals surface area contributed by atoms with Gasteiger partial charge in [0.05, 0.1) is 0 Å². The van der Waals surface area contributed by atoms with E-state index in [1.165, 1.54) is 17.7 Å². The Kier molecular flexibility index (Phi) is 5.51. The monoisotopic (exact) mass is 370 g/mol. The molecule has 2 fully saturated rings. The van der Waals surface area contributed by atoms with Gasteiger partial charge in [0.25, 0.3) is 0 Å². The van der Waals surface area contributed by atoms with Gasteiger partial charge in [-0.25, -0.2) is 4.98 Å². The molecule has 0 aromatic carbocycles. The summed E-state index contributed by atoms with van der Waals surface area (Å²) in [5.74, 6) is 1.30. The molecule has 26 heavy (non-hydrogen) atoms. The molecule has 1 amide bonds. The van der Waals surface area contributed by atoms with Gasteiger partial charge in [0, 0.05) is 62.8 Å². The Bertz CT molecular complexity index is 694. The Morgan fingerprint density at radius 1 is 1.15 bits per heavy atom. The molecule has 1 saturated heterocycles. The van der Waals surface area contributed by atoms with E-state index in [1.54, 1.807) is 0 Å². The van der Waals surface area contributed by atoms with E-state index in [-0.39, 0.29) is 0 Å². The summed E-state index contributed by atoms with van der Waals surface area (Å²) in [6.45, 7) is 5.19. The Balaban J connectivity index is 1.24. The number of amides is 1. The number of aromatic nitrogens is 1. The summed E-state index contributed by atoms with van der Waals surface area (Å²) in [6.07, 6.45) is 5.02. The molecule has 0 radical (unpaired) electrons. The Morgan fingerprint density at radius 2 is 2.00 bits per heavy atom. The van der Waals surface area contributed by atoms with Crippen molar-refractivity contribution in [1.29, 1.82) is 0 Å². The summed E-state index contributed by atoms with van der Waals surface area (Å²) >= 11 is 1.81. The first-order valence-electron chi connectivity index (χ1n) is 9.50. The number of piperazine rings is 1. The molecule has 0 spiro atoms. The molecular weight excluding hydrogens is 344 g/mol. The van der Waals surface area contributed by atoms with Crippen molar-refractivity contribution in [2.75, 3.05) is 37.6 Å². The average Bonchev–Trinajstić information content (AvgIpc) is 3.42. The van der Waals surface area contributed by atoms with E-state index >= 15 is 0 Å². The molecule has 6 heteroatoms. The van der Waals surface area contributed by atoms with Gasteiger partial charge in [-0.15, -0.1) is 11.3 Å². The summed E-state index contributed by atoms with van der Waals surface area (Å²) in [6, 6.07) is 11.0. The molecule has 0 N–H and O–H groups in total. The third kappa shape index (κ3) is 4.43. The number of anilines is 1. The van der Waals surface area contributed by atoms with Crippen molar-refractivity contribution >= 4 is 23.1 Å². The van der Waals surface area contributed by atoms with Crippen LogP contribution in [0.2, 0.25) is 0 Å². The van der Waals surface area contributed by atoms with Crippen molar-refractivity contribution < 1.29 is 4.79 Å². The van der Waals surface area contributed by atoms with E-state index in [4.69, 9.17) is 0 Å². The zero-order valence-corrected chi connectivity index (χ0v) is 15.9. The van der Waals surface area contributed by atoms with E-state index in [0.29, 0.717) is 18.4 Å².